The molecule has 2 aliphatic rings. The smallest absolute Gasteiger partial charge is 0.0603 e. The van der Waals surface area contributed by atoms with E-state index in [9.17, 15) is 0 Å². The average Bonchev–Trinajstić information content (AvgIpc) is 2.39. The molecule has 2 rings (SSSR count). The maximum Gasteiger partial charge on any atom is 0.0603 e. The van der Waals surface area contributed by atoms with Gasteiger partial charge in [-0.2, -0.15) is 0 Å². The third-order valence-electron chi connectivity index (χ3n) is 4.08. The molecule has 17 heavy (non-hydrogen) atoms. The number of rotatable bonds is 5. The molecule has 0 aromatic rings. The highest BCUT2D eigenvalue weighted by Crippen LogP contribution is 2.24. The fourth-order valence-corrected chi connectivity index (χ4v) is 2.96. The standard InChI is InChI=1S/C14H27NO2/c1-16-12-11-15-9-7-14(8-10-15)17-13-5-3-2-4-6-13/h13-14H,2-12H2,1H3. The van der Waals surface area contributed by atoms with E-state index < -0.39 is 0 Å². The van der Waals surface area contributed by atoms with E-state index in [0.29, 0.717) is 12.2 Å². The quantitative estimate of drug-likeness (QED) is 0.738. The van der Waals surface area contributed by atoms with Crippen molar-refractivity contribution in [2.75, 3.05) is 33.4 Å². The van der Waals surface area contributed by atoms with Crippen molar-refractivity contribution >= 4 is 0 Å². The minimum absolute atomic E-state index is 0.525. The highest BCUT2D eigenvalue weighted by atomic mass is 16.5. The fourth-order valence-electron chi connectivity index (χ4n) is 2.96. The van der Waals surface area contributed by atoms with Crippen molar-refractivity contribution in [1.82, 2.24) is 4.90 Å². The number of likely N-dealkylation sites (tertiary alicyclic amines) is 1. The Morgan fingerprint density at radius 1 is 0.941 bits per heavy atom. The summed E-state index contributed by atoms with van der Waals surface area (Å²) in [6, 6.07) is 0. The van der Waals surface area contributed by atoms with Gasteiger partial charge in [-0.25, -0.2) is 0 Å². The molecule has 0 atom stereocenters. The molecule has 0 N–H and O–H groups in total. The van der Waals surface area contributed by atoms with Crippen molar-refractivity contribution < 1.29 is 9.47 Å². The molecular weight excluding hydrogens is 214 g/mol. The summed E-state index contributed by atoms with van der Waals surface area (Å²) >= 11 is 0. The predicted molar refractivity (Wildman–Crippen MR) is 69.3 cm³/mol. The summed E-state index contributed by atoms with van der Waals surface area (Å²) in [5.41, 5.74) is 0. The van der Waals surface area contributed by atoms with Crippen LogP contribution in [0.3, 0.4) is 0 Å². The van der Waals surface area contributed by atoms with Gasteiger partial charge < -0.3 is 14.4 Å². The Morgan fingerprint density at radius 2 is 1.59 bits per heavy atom. The monoisotopic (exact) mass is 241 g/mol. The van der Waals surface area contributed by atoms with Gasteiger partial charge in [-0.1, -0.05) is 19.3 Å². The number of piperidine rings is 1. The fraction of sp³-hybridized carbons (Fsp3) is 1.00. The Morgan fingerprint density at radius 3 is 2.24 bits per heavy atom. The van der Waals surface area contributed by atoms with E-state index in [-0.39, 0.29) is 0 Å². The SMILES string of the molecule is COCCN1CCC(OC2CCCCC2)CC1. The minimum Gasteiger partial charge on any atom is -0.383 e. The molecule has 0 aromatic carbocycles. The van der Waals surface area contributed by atoms with Crippen molar-refractivity contribution in [2.24, 2.45) is 0 Å². The van der Waals surface area contributed by atoms with Gasteiger partial charge >= 0.3 is 0 Å². The van der Waals surface area contributed by atoms with Gasteiger partial charge in [0.1, 0.15) is 0 Å². The van der Waals surface area contributed by atoms with Gasteiger partial charge in [-0.3, -0.25) is 0 Å². The van der Waals surface area contributed by atoms with Crippen LogP contribution in [-0.2, 0) is 9.47 Å². The molecule has 0 bridgehead atoms. The highest BCUT2D eigenvalue weighted by molar-refractivity contribution is 4.75. The minimum atomic E-state index is 0.525. The van der Waals surface area contributed by atoms with Crippen LogP contribution < -0.4 is 0 Å². The molecule has 0 radical (unpaired) electrons. The van der Waals surface area contributed by atoms with E-state index in [1.54, 1.807) is 7.11 Å². The predicted octanol–water partition coefficient (Wildman–Crippen LogP) is 2.45. The van der Waals surface area contributed by atoms with E-state index in [4.69, 9.17) is 9.47 Å². The summed E-state index contributed by atoms with van der Waals surface area (Å²) in [7, 11) is 1.78. The number of methoxy groups -OCH3 is 1. The van der Waals surface area contributed by atoms with Gasteiger partial charge in [0.15, 0.2) is 0 Å². The summed E-state index contributed by atoms with van der Waals surface area (Å²) in [6.45, 7) is 4.29. The highest BCUT2D eigenvalue weighted by Gasteiger charge is 2.23. The molecule has 2 fully saturated rings. The number of nitrogens with zero attached hydrogens (tertiary/aromatic N) is 1. The van der Waals surface area contributed by atoms with Crippen LogP contribution in [0, 0.1) is 0 Å². The van der Waals surface area contributed by atoms with E-state index in [1.807, 2.05) is 0 Å². The first-order valence-corrected chi connectivity index (χ1v) is 7.25. The Hall–Kier alpha value is -0.120. The lowest BCUT2D eigenvalue weighted by molar-refractivity contribution is -0.0571. The first-order chi connectivity index (χ1) is 8.38. The lowest BCUT2D eigenvalue weighted by Crippen LogP contribution is -2.40. The van der Waals surface area contributed by atoms with Gasteiger partial charge in [0.2, 0.25) is 0 Å². The molecular formula is C14H27NO2. The van der Waals surface area contributed by atoms with Crippen molar-refractivity contribution in [3.05, 3.63) is 0 Å². The van der Waals surface area contributed by atoms with Crippen LogP contribution in [-0.4, -0.2) is 50.5 Å². The molecule has 0 spiro atoms. The second-order valence-corrected chi connectivity index (χ2v) is 5.43. The lowest BCUT2D eigenvalue weighted by Gasteiger charge is -2.34. The Balaban J connectivity index is 1.61. The molecule has 3 heteroatoms. The average molecular weight is 241 g/mol. The van der Waals surface area contributed by atoms with Gasteiger partial charge in [0, 0.05) is 26.7 Å². The zero-order valence-electron chi connectivity index (χ0n) is 11.2. The third kappa shape index (κ3) is 4.57. The first kappa shape index (κ1) is 13.3. The van der Waals surface area contributed by atoms with Crippen molar-refractivity contribution in [3.63, 3.8) is 0 Å². The van der Waals surface area contributed by atoms with Crippen LogP contribution in [0.5, 0.6) is 0 Å². The maximum atomic E-state index is 6.23. The van der Waals surface area contributed by atoms with Crippen LogP contribution >= 0.6 is 0 Å². The van der Waals surface area contributed by atoms with Crippen LogP contribution in [0.2, 0.25) is 0 Å². The number of ether oxygens (including phenoxy) is 2. The first-order valence-electron chi connectivity index (χ1n) is 7.25. The summed E-state index contributed by atoms with van der Waals surface area (Å²) < 4.78 is 11.3. The zero-order chi connectivity index (χ0) is 11.9. The molecule has 1 aliphatic carbocycles. The maximum absolute atomic E-state index is 6.23. The summed E-state index contributed by atoms with van der Waals surface area (Å²) in [6.07, 6.45) is 10.3. The van der Waals surface area contributed by atoms with Gasteiger partial charge in [-0.05, 0) is 25.7 Å². The van der Waals surface area contributed by atoms with Crippen LogP contribution in [0.15, 0.2) is 0 Å². The Labute approximate surface area is 105 Å². The Bertz CT molecular complexity index is 196. The molecule has 1 heterocycles. The molecule has 0 aromatic heterocycles. The second-order valence-electron chi connectivity index (χ2n) is 5.43. The summed E-state index contributed by atoms with van der Waals surface area (Å²) in [5.74, 6) is 0. The second kappa shape index (κ2) is 7.34. The zero-order valence-corrected chi connectivity index (χ0v) is 11.2. The van der Waals surface area contributed by atoms with E-state index in [0.717, 1.165) is 13.2 Å². The van der Waals surface area contributed by atoms with Gasteiger partial charge in [-0.15, -0.1) is 0 Å². The van der Waals surface area contributed by atoms with E-state index in [1.165, 1.54) is 58.0 Å². The third-order valence-corrected chi connectivity index (χ3v) is 4.08. The molecule has 1 saturated heterocycles. The van der Waals surface area contributed by atoms with Crippen molar-refractivity contribution in [2.45, 2.75) is 57.2 Å². The molecule has 3 nitrogen and oxygen atoms in total. The van der Waals surface area contributed by atoms with Crippen LogP contribution in [0.4, 0.5) is 0 Å². The number of hydrogen-bond donors (Lipinski definition) is 0. The van der Waals surface area contributed by atoms with Gasteiger partial charge in [0.25, 0.3) is 0 Å². The van der Waals surface area contributed by atoms with Crippen LogP contribution in [0.25, 0.3) is 0 Å². The molecule has 1 aliphatic heterocycles. The molecule has 1 saturated carbocycles. The van der Waals surface area contributed by atoms with E-state index in [2.05, 4.69) is 4.90 Å². The number of hydrogen-bond acceptors (Lipinski definition) is 3. The Kier molecular flexibility index (Phi) is 5.75. The molecule has 0 amide bonds. The lowest BCUT2D eigenvalue weighted by atomic mass is 9.97. The largest absolute Gasteiger partial charge is 0.383 e. The molecule has 0 unspecified atom stereocenters. The summed E-state index contributed by atoms with van der Waals surface area (Å²) in [4.78, 5) is 2.49. The normalized spacial score (nSPS) is 25.2. The van der Waals surface area contributed by atoms with Crippen molar-refractivity contribution in [3.8, 4) is 0 Å². The molecule has 100 valence electrons. The van der Waals surface area contributed by atoms with E-state index >= 15 is 0 Å². The topological polar surface area (TPSA) is 21.7 Å². The summed E-state index contributed by atoms with van der Waals surface area (Å²) in [5, 5.41) is 0. The van der Waals surface area contributed by atoms with Crippen molar-refractivity contribution in [1.29, 1.82) is 0 Å². The van der Waals surface area contributed by atoms with Gasteiger partial charge in [0.05, 0.1) is 18.8 Å². The van der Waals surface area contributed by atoms with Crippen LogP contribution in [0.1, 0.15) is 44.9 Å².